The third-order valence-corrected chi connectivity index (χ3v) is 6.70. The molecule has 2 fully saturated rings. The van der Waals surface area contributed by atoms with Crippen molar-refractivity contribution in [2.45, 2.75) is 38.4 Å². The standard InChI is InChI=1S/C17H23ClN4S.ClH/c1-21-7-6-20-16(21)11-22(10-14-8-13(18)12-23-14)15-9-17(15)2-4-19-5-3-17;/h6-8,12,15,19H,2-5,9-11H2,1H3;1H. The number of hydrogen-bond acceptors (Lipinski definition) is 4. The fraction of sp³-hybridized carbons (Fsp3) is 0.588. The van der Waals surface area contributed by atoms with Crippen molar-refractivity contribution >= 4 is 35.3 Å². The average Bonchev–Trinajstić information content (AvgIpc) is 2.85. The van der Waals surface area contributed by atoms with Crippen LogP contribution in [0.2, 0.25) is 5.02 Å². The Morgan fingerprint density at radius 3 is 2.83 bits per heavy atom. The molecule has 2 aliphatic rings. The minimum absolute atomic E-state index is 0. The number of piperidine rings is 1. The summed E-state index contributed by atoms with van der Waals surface area (Å²) in [7, 11) is 2.08. The monoisotopic (exact) mass is 386 g/mol. The number of rotatable bonds is 5. The number of nitrogens with zero attached hydrogens (tertiary/aromatic N) is 3. The van der Waals surface area contributed by atoms with Crippen LogP contribution >= 0.6 is 35.3 Å². The van der Waals surface area contributed by atoms with E-state index < -0.39 is 0 Å². The highest BCUT2D eigenvalue weighted by atomic mass is 35.5. The van der Waals surface area contributed by atoms with Gasteiger partial charge in [0, 0.05) is 42.3 Å². The van der Waals surface area contributed by atoms with E-state index in [1.165, 1.54) is 24.1 Å². The third kappa shape index (κ3) is 3.65. The van der Waals surface area contributed by atoms with Gasteiger partial charge in [0.05, 0.1) is 11.6 Å². The van der Waals surface area contributed by atoms with Crippen LogP contribution in [0.15, 0.2) is 23.8 Å². The van der Waals surface area contributed by atoms with Gasteiger partial charge in [-0.1, -0.05) is 11.6 Å². The van der Waals surface area contributed by atoms with Crippen LogP contribution in [0.3, 0.4) is 0 Å². The zero-order chi connectivity index (χ0) is 15.9. The molecular weight excluding hydrogens is 363 g/mol. The van der Waals surface area contributed by atoms with Gasteiger partial charge in [-0.05, 0) is 43.8 Å². The molecule has 0 aromatic carbocycles. The average molecular weight is 387 g/mol. The highest BCUT2D eigenvalue weighted by Crippen LogP contribution is 2.56. The molecule has 1 N–H and O–H groups in total. The summed E-state index contributed by atoms with van der Waals surface area (Å²) in [5, 5.41) is 6.38. The summed E-state index contributed by atoms with van der Waals surface area (Å²) in [6, 6.07) is 2.79. The summed E-state index contributed by atoms with van der Waals surface area (Å²) in [6.45, 7) is 4.22. The van der Waals surface area contributed by atoms with Crippen LogP contribution in [0.1, 0.15) is 30.0 Å². The number of imidazole rings is 1. The molecule has 1 aliphatic heterocycles. The minimum atomic E-state index is 0. The Bertz CT molecular complexity index is 678. The maximum absolute atomic E-state index is 6.12. The number of nitrogens with one attached hydrogen (secondary N) is 1. The van der Waals surface area contributed by atoms with Gasteiger partial charge in [-0.15, -0.1) is 23.7 Å². The third-order valence-electron chi connectivity index (χ3n) is 5.43. The number of hydrogen-bond donors (Lipinski definition) is 1. The molecule has 7 heteroatoms. The summed E-state index contributed by atoms with van der Waals surface area (Å²) in [5.74, 6) is 1.14. The Morgan fingerprint density at radius 2 is 2.21 bits per heavy atom. The van der Waals surface area contributed by atoms with Crippen LogP contribution in [0.4, 0.5) is 0 Å². The highest BCUT2D eigenvalue weighted by Gasteiger charge is 2.56. The summed E-state index contributed by atoms with van der Waals surface area (Å²) in [5.41, 5.74) is 0.539. The van der Waals surface area contributed by atoms with E-state index in [0.717, 1.165) is 37.0 Å². The molecular formula is C17H24Cl2N4S. The van der Waals surface area contributed by atoms with E-state index in [2.05, 4.69) is 32.9 Å². The van der Waals surface area contributed by atoms with Gasteiger partial charge < -0.3 is 9.88 Å². The van der Waals surface area contributed by atoms with Crippen molar-refractivity contribution in [3.8, 4) is 0 Å². The second kappa shape index (κ2) is 7.34. The number of aryl methyl sites for hydroxylation is 1. The molecule has 0 bridgehead atoms. The smallest absolute Gasteiger partial charge is 0.122 e. The topological polar surface area (TPSA) is 33.1 Å². The molecule has 1 aliphatic carbocycles. The van der Waals surface area contributed by atoms with Crippen LogP contribution in [-0.2, 0) is 20.1 Å². The summed E-state index contributed by atoms with van der Waals surface area (Å²) in [6.07, 6.45) is 7.86. The highest BCUT2D eigenvalue weighted by molar-refractivity contribution is 7.10. The quantitative estimate of drug-likeness (QED) is 0.849. The normalized spacial score (nSPS) is 21.9. The van der Waals surface area contributed by atoms with Gasteiger partial charge in [0.15, 0.2) is 0 Å². The van der Waals surface area contributed by atoms with Gasteiger partial charge in [0.2, 0.25) is 0 Å². The van der Waals surface area contributed by atoms with Crippen molar-refractivity contribution in [1.82, 2.24) is 19.8 Å². The summed E-state index contributed by atoms with van der Waals surface area (Å²) >= 11 is 7.88. The van der Waals surface area contributed by atoms with Gasteiger partial charge in [0.1, 0.15) is 5.82 Å². The van der Waals surface area contributed by atoms with Crippen molar-refractivity contribution in [2.75, 3.05) is 13.1 Å². The Morgan fingerprint density at radius 1 is 1.42 bits per heavy atom. The number of thiophene rings is 1. The lowest BCUT2D eigenvalue weighted by atomic mass is 9.93. The van der Waals surface area contributed by atoms with Crippen LogP contribution in [0.5, 0.6) is 0 Å². The molecule has 1 unspecified atom stereocenters. The maximum atomic E-state index is 6.12. The second-order valence-corrected chi connectivity index (χ2v) is 8.36. The van der Waals surface area contributed by atoms with Gasteiger partial charge in [-0.25, -0.2) is 4.98 Å². The van der Waals surface area contributed by atoms with Crippen molar-refractivity contribution < 1.29 is 0 Å². The van der Waals surface area contributed by atoms with E-state index in [4.69, 9.17) is 11.6 Å². The van der Waals surface area contributed by atoms with Crippen molar-refractivity contribution in [3.63, 3.8) is 0 Å². The molecule has 0 amide bonds. The lowest BCUT2D eigenvalue weighted by molar-refractivity contribution is 0.184. The molecule has 132 valence electrons. The van der Waals surface area contributed by atoms with E-state index >= 15 is 0 Å². The minimum Gasteiger partial charge on any atom is -0.337 e. The molecule has 24 heavy (non-hydrogen) atoms. The Hall–Kier alpha value is -0.590. The Labute approximate surface area is 158 Å². The zero-order valence-corrected chi connectivity index (χ0v) is 16.3. The van der Waals surface area contributed by atoms with Crippen molar-refractivity contribution in [3.05, 3.63) is 39.6 Å². The van der Waals surface area contributed by atoms with Gasteiger partial charge in [-0.3, -0.25) is 4.90 Å². The van der Waals surface area contributed by atoms with Crippen LogP contribution in [0.25, 0.3) is 0 Å². The molecule has 1 saturated carbocycles. The van der Waals surface area contributed by atoms with Gasteiger partial charge >= 0.3 is 0 Å². The Balaban J connectivity index is 0.00000169. The molecule has 2 aromatic rings. The van der Waals surface area contributed by atoms with Gasteiger partial charge in [-0.2, -0.15) is 0 Å². The first-order chi connectivity index (χ1) is 11.2. The SMILES string of the molecule is Cl.Cn1ccnc1CN(Cc1cc(Cl)cs1)C1CC12CCNCC2. The van der Waals surface area contributed by atoms with E-state index in [9.17, 15) is 0 Å². The predicted molar refractivity (Wildman–Crippen MR) is 102 cm³/mol. The van der Waals surface area contributed by atoms with Crippen LogP contribution < -0.4 is 5.32 Å². The molecule has 4 rings (SSSR count). The van der Waals surface area contributed by atoms with Crippen LogP contribution in [-0.4, -0.2) is 33.6 Å². The molecule has 1 saturated heterocycles. The molecule has 2 aromatic heterocycles. The molecule has 3 heterocycles. The molecule has 1 atom stereocenters. The first-order valence-corrected chi connectivity index (χ1v) is 9.56. The molecule has 0 radical (unpaired) electrons. The van der Waals surface area contributed by atoms with E-state index in [1.54, 1.807) is 11.3 Å². The van der Waals surface area contributed by atoms with E-state index in [-0.39, 0.29) is 12.4 Å². The predicted octanol–water partition coefficient (Wildman–Crippen LogP) is 3.70. The lowest BCUT2D eigenvalue weighted by Crippen LogP contribution is -2.36. The fourth-order valence-corrected chi connectivity index (χ4v) is 5.05. The molecule has 1 spiro atoms. The molecule has 4 nitrogen and oxygen atoms in total. The van der Waals surface area contributed by atoms with E-state index in [1.807, 2.05) is 17.8 Å². The van der Waals surface area contributed by atoms with Crippen molar-refractivity contribution in [1.29, 1.82) is 0 Å². The van der Waals surface area contributed by atoms with Crippen molar-refractivity contribution in [2.24, 2.45) is 12.5 Å². The van der Waals surface area contributed by atoms with Crippen LogP contribution in [0, 0.1) is 5.41 Å². The first-order valence-electron chi connectivity index (χ1n) is 8.30. The lowest BCUT2D eigenvalue weighted by Gasteiger charge is -2.29. The van der Waals surface area contributed by atoms with E-state index in [0.29, 0.717) is 11.5 Å². The Kier molecular flexibility index (Phi) is 5.57. The number of aromatic nitrogens is 2. The maximum Gasteiger partial charge on any atom is 0.122 e. The summed E-state index contributed by atoms with van der Waals surface area (Å²) in [4.78, 5) is 8.50. The zero-order valence-electron chi connectivity index (χ0n) is 13.9. The first kappa shape index (κ1) is 18.2. The largest absolute Gasteiger partial charge is 0.337 e. The fourth-order valence-electron chi connectivity index (χ4n) is 3.95. The second-order valence-electron chi connectivity index (χ2n) is 6.92. The van der Waals surface area contributed by atoms with Gasteiger partial charge in [0.25, 0.3) is 0 Å². The number of halogens is 2. The summed E-state index contributed by atoms with van der Waals surface area (Å²) < 4.78 is 2.13.